The smallest absolute Gasteiger partial charge is 0.348 e. The van der Waals surface area contributed by atoms with Crippen LogP contribution >= 0.6 is 7.60 Å². The molecular formula is C30H40NO7P. The van der Waals surface area contributed by atoms with Crippen molar-refractivity contribution in [2.45, 2.75) is 82.9 Å². The zero-order valence-corrected chi connectivity index (χ0v) is 24.4. The van der Waals surface area contributed by atoms with E-state index in [0.717, 1.165) is 19.3 Å². The third kappa shape index (κ3) is 5.57. The van der Waals surface area contributed by atoms with E-state index in [1.54, 1.807) is 26.0 Å². The summed E-state index contributed by atoms with van der Waals surface area (Å²) in [5.41, 5.74) is 1.57. The minimum atomic E-state index is -3.93. The molecule has 2 aromatic carbocycles. The summed E-state index contributed by atoms with van der Waals surface area (Å²) in [6.45, 7) is 10.2. The lowest BCUT2D eigenvalue weighted by Crippen LogP contribution is -2.45. The Morgan fingerprint density at radius 2 is 1.67 bits per heavy atom. The first kappa shape index (κ1) is 29.4. The van der Waals surface area contributed by atoms with Crippen LogP contribution in [0, 0.1) is 22.0 Å². The fraction of sp³-hybridized carbons (Fsp3) is 0.567. The van der Waals surface area contributed by atoms with Gasteiger partial charge in [-0.25, -0.2) is 0 Å². The van der Waals surface area contributed by atoms with Gasteiger partial charge in [-0.2, -0.15) is 0 Å². The number of esters is 1. The number of hydrogen-bond donors (Lipinski definition) is 0. The molecule has 0 heterocycles. The summed E-state index contributed by atoms with van der Waals surface area (Å²) in [6.07, 6.45) is 2.55. The van der Waals surface area contributed by atoms with Crippen molar-refractivity contribution in [3.05, 3.63) is 75.8 Å². The number of nitrogens with zero attached hydrogens (tertiary/aromatic N) is 1. The first-order valence-electron chi connectivity index (χ1n) is 13.9. The lowest BCUT2D eigenvalue weighted by atomic mass is 9.64. The summed E-state index contributed by atoms with van der Waals surface area (Å²) >= 11 is 0. The highest BCUT2D eigenvalue weighted by Crippen LogP contribution is 2.77. The normalized spacial score (nSPS) is 27.1. The number of hydrogen-bond acceptors (Lipinski definition) is 7. The summed E-state index contributed by atoms with van der Waals surface area (Å²) in [4.78, 5) is 24.9. The average Bonchev–Trinajstić information content (AvgIpc) is 3.67. The van der Waals surface area contributed by atoms with Crippen molar-refractivity contribution in [2.24, 2.45) is 11.8 Å². The second kappa shape index (κ2) is 11.5. The van der Waals surface area contributed by atoms with Crippen molar-refractivity contribution in [3.63, 3.8) is 0 Å². The summed E-state index contributed by atoms with van der Waals surface area (Å²) < 4.78 is 32.1. The Morgan fingerprint density at radius 3 is 2.23 bits per heavy atom. The van der Waals surface area contributed by atoms with Gasteiger partial charge in [0.15, 0.2) is 5.16 Å². The van der Waals surface area contributed by atoms with Gasteiger partial charge in [0.05, 0.1) is 18.1 Å². The molecule has 0 radical (unpaired) electrons. The van der Waals surface area contributed by atoms with Crippen LogP contribution in [0.5, 0.6) is 0 Å². The van der Waals surface area contributed by atoms with Gasteiger partial charge in [0.1, 0.15) is 6.10 Å². The Bertz CT molecular complexity index is 1210. The monoisotopic (exact) mass is 557 g/mol. The van der Waals surface area contributed by atoms with Gasteiger partial charge >= 0.3 is 13.6 Å². The number of carbonyl (C=O) groups is 1. The SMILES string of the molecule is CCOP(=O)(OCC)[C@@]1(C(=O)O[C@@H]2C[C@H](C)CC[C@H]2C(C)(C)c2ccccc2)C[C@@H]1c1ccc([N+](=O)[O-])cc1. The lowest BCUT2D eigenvalue weighted by Gasteiger charge is -2.44. The predicted molar refractivity (Wildman–Crippen MR) is 150 cm³/mol. The van der Waals surface area contributed by atoms with Crippen molar-refractivity contribution >= 4 is 19.3 Å². The molecule has 2 aliphatic carbocycles. The molecule has 2 aromatic rings. The van der Waals surface area contributed by atoms with E-state index in [4.69, 9.17) is 13.8 Å². The maximum atomic E-state index is 14.3. The summed E-state index contributed by atoms with van der Waals surface area (Å²) in [6, 6.07) is 16.3. The van der Waals surface area contributed by atoms with Gasteiger partial charge in [-0.3, -0.25) is 19.5 Å². The van der Waals surface area contributed by atoms with E-state index in [9.17, 15) is 19.5 Å². The minimum absolute atomic E-state index is 0.0486. The first-order valence-corrected chi connectivity index (χ1v) is 15.4. The van der Waals surface area contributed by atoms with E-state index < -0.39 is 29.6 Å². The zero-order chi connectivity index (χ0) is 28.4. The van der Waals surface area contributed by atoms with Crippen molar-refractivity contribution in [1.29, 1.82) is 0 Å². The molecule has 0 aromatic heterocycles. The molecule has 4 rings (SSSR count). The van der Waals surface area contributed by atoms with Crippen LogP contribution in [-0.4, -0.2) is 35.4 Å². The van der Waals surface area contributed by atoms with Crippen LogP contribution in [0.1, 0.15) is 77.3 Å². The van der Waals surface area contributed by atoms with Crippen LogP contribution in [0.4, 0.5) is 5.69 Å². The van der Waals surface area contributed by atoms with E-state index in [1.807, 2.05) is 18.2 Å². The third-order valence-corrected chi connectivity index (χ3v) is 11.5. The second-order valence-corrected chi connectivity index (χ2v) is 13.7. The number of carbonyl (C=O) groups excluding carboxylic acids is 1. The minimum Gasteiger partial charge on any atom is -0.461 e. The van der Waals surface area contributed by atoms with Crippen LogP contribution < -0.4 is 0 Å². The lowest BCUT2D eigenvalue weighted by molar-refractivity contribution is -0.384. The molecule has 212 valence electrons. The molecule has 0 unspecified atom stereocenters. The molecule has 0 bridgehead atoms. The molecule has 0 spiro atoms. The number of ether oxygens (including phenoxy) is 1. The van der Waals surface area contributed by atoms with Gasteiger partial charge in [-0.1, -0.05) is 69.7 Å². The summed E-state index contributed by atoms with van der Waals surface area (Å²) in [7, 11) is -3.93. The standard InChI is InChI=1S/C30H40NO7P/c1-6-36-39(35,37-7-2)30(20-26(30)22-14-16-24(17-15-22)31(33)34)28(32)38-27-19-21(3)13-18-25(27)29(4,5)23-11-9-8-10-12-23/h8-12,14-17,21,25-27H,6-7,13,18-20H2,1-5H3/t21-,25-,26-,27-,30+/m1/s1. The van der Waals surface area contributed by atoms with Gasteiger partial charge in [0, 0.05) is 24.0 Å². The molecule has 39 heavy (non-hydrogen) atoms. The Kier molecular flexibility index (Phi) is 8.70. The molecule has 5 atom stereocenters. The molecule has 8 nitrogen and oxygen atoms in total. The van der Waals surface area contributed by atoms with E-state index in [0.29, 0.717) is 11.5 Å². The fourth-order valence-electron chi connectivity index (χ4n) is 6.33. The quantitative estimate of drug-likeness (QED) is 0.123. The van der Waals surface area contributed by atoms with E-state index in [2.05, 4.69) is 32.9 Å². The van der Waals surface area contributed by atoms with Crippen LogP contribution in [0.3, 0.4) is 0 Å². The number of nitro benzene ring substituents is 1. The molecule has 9 heteroatoms. The van der Waals surface area contributed by atoms with Gasteiger partial charge in [0.25, 0.3) is 5.69 Å². The van der Waals surface area contributed by atoms with Crippen molar-refractivity contribution in [2.75, 3.05) is 13.2 Å². The molecule has 0 aliphatic heterocycles. The number of rotatable bonds is 11. The third-order valence-electron chi connectivity index (χ3n) is 8.64. The number of nitro groups is 1. The highest BCUT2D eigenvalue weighted by molar-refractivity contribution is 7.57. The van der Waals surface area contributed by atoms with Crippen molar-refractivity contribution in [1.82, 2.24) is 0 Å². The van der Waals surface area contributed by atoms with Crippen LogP contribution in [0.25, 0.3) is 0 Å². The van der Waals surface area contributed by atoms with Crippen LogP contribution in [-0.2, 0) is 28.6 Å². The molecular weight excluding hydrogens is 517 g/mol. The van der Waals surface area contributed by atoms with Crippen LogP contribution in [0.2, 0.25) is 0 Å². The molecule has 2 saturated carbocycles. The maximum Gasteiger partial charge on any atom is 0.348 e. The maximum absolute atomic E-state index is 14.3. The van der Waals surface area contributed by atoms with Gasteiger partial charge in [0.2, 0.25) is 0 Å². The average molecular weight is 558 g/mol. The van der Waals surface area contributed by atoms with E-state index in [-0.39, 0.29) is 42.8 Å². The van der Waals surface area contributed by atoms with Gasteiger partial charge < -0.3 is 13.8 Å². The van der Waals surface area contributed by atoms with Gasteiger partial charge in [-0.05, 0) is 55.6 Å². The Balaban J connectivity index is 1.69. The molecule has 2 aliphatic rings. The molecule has 0 amide bonds. The zero-order valence-electron chi connectivity index (χ0n) is 23.5. The highest BCUT2D eigenvalue weighted by Gasteiger charge is 2.75. The molecule has 0 saturated heterocycles. The Hall–Kier alpha value is -2.54. The first-order chi connectivity index (χ1) is 18.5. The predicted octanol–water partition coefficient (Wildman–Crippen LogP) is 7.41. The second-order valence-electron chi connectivity index (χ2n) is 11.4. The van der Waals surface area contributed by atoms with E-state index in [1.165, 1.54) is 17.7 Å². The highest BCUT2D eigenvalue weighted by atomic mass is 31.2. The van der Waals surface area contributed by atoms with Crippen molar-refractivity contribution < 1.29 is 28.1 Å². The van der Waals surface area contributed by atoms with Gasteiger partial charge in [-0.15, -0.1) is 0 Å². The fourth-order valence-corrected chi connectivity index (χ4v) is 8.76. The van der Waals surface area contributed by atoms with E-state index >= 15 is 0 Å². The topological polar surface area (TPSA) is 105 Å². The van der Waals surface area contributed by atoms with Crippen LogP contribution in [0.15, 0.2) is 54.6 Å². The Morgan fingerprint density at radius 1 is 1.05 bits per heavy atom. The Labute approximate surface area is 231 Å². The summed E-state index contributed by atoms with van der Waals surface area (Å²) in [5, 5.41) is 9.68. The molecule has 2 fully saturated rings. The summed E-state index contributed by atoms with van der Waals surface area (Å²) in [5.74, 6) is -0.593. The van der Waals surface area contributed by atoms with Crippen molar-refractivity contribution in [3.8, 4) is 0 Å². The molecule has 0 N–H and O–H groups in total. The largest absolute Gasteiger partial charge is 0.461 e. The number of benzene rings is 2. The number of non-ortho nitro benzene ring substituents is 1.